The minimum atomic E-state index is -0.314. The van der Waals surface area contributed by atoms with Gasteiger partial charge < -0.3 is 24.4 Å². The third-order valence-electron chi connectivity index (χ3n) is 4.51. The van der Waals surface area contributed by atoms with Crippen LogP contribution in [0, 0.1) is 0 Å². The summed E-state index contributed by atoms with van der Waals surface area (Å²) in [6.07, 6.45) is 0.344. The largest absolute Gasteiger partial charge is 0.493 e. The van der Waals surface area contributed by atoms with Crippen LogP contribution in [-0.2, 0) is 11.2 Å². The summed E-state index contributed by atoms with van der Waals surface area (Å²) in [5.41, 5.74) is 2.80. The van der Waals surface area contributed by atoms with Gasteiger partial charge >= 0.3 is 0 Å². The fraction of sp³-hybridized carbons (Fsp3) is 0.300. The molecule has 1 aliphatic rings. The van der Waals surface area contributed by atoms with Gasteiger partial charge in [-0.15, -0.1) is 0 Å². The van der Waals surface area contributed by atoms with Gasteiger partial charge in [0.15, 0.2) is 11.5 Å². The maximum absolute atomic E-state index is 12.7. The van der Waals surface area contributed by atoms with Crippen LogP contribution < -0.4 is 24.4 Å². The van der Waals surface area contributed by atoms with E-state index in [0.717, 1.165) is 11.3 Å². The molecular formula is C20H22N2O5. The number of anilines is 2. The molecule has 0 spiro atoms. The smallest absolute Gasteiger partial charge is 0.255 e. The summed E-state index contributed by atoms with van der Waals surface area (Å²) in [4.78, 5) is 26.4. The molecule has 0 saturated carbocycles. The minimum Gasteiger partial charge on any atom is -0.493 e. The van der Waals surface area contributed by atoms with Crippen LogP contribution in [0.2, 0.25) is 0 Å². The van der Waals surface area contributed by atoms with Crippen LogP contribution in [-0.4, -0.2) is 39.7 Å². The summed E-state index contributed by atoms with van der Waals surface area (Å²) in [5, 5.41) is 2.86. The highest BCUT2D eigenvalue weighted by Crippen LogP contribution is 2.38. The number of likely N-dealkylation sites (N-methyl/N-ethyl adjacent to an activating group) is 1. The van der Waals surface area contributed by atoms with Crippen molar-refractivity contribution < 1.29 is 23.8 Å². The Morgan fingerprint density at radius 2 is 1.74 bits per heavy atom. The highest BCUT2D eigenvalue weighted by molar-refractivity contribution is 6.06. The molecule has 27 heavy (non-hydrogen) atoms. The molecule has 0 aliphatic carbocycles. The average Bonchev–Trinajstić information content (AvgIpc) is 3.00. The van der Waals surface area contributed by atoms with Gasteiger partial charge in [-0.05, 0) is 42.8 Å². The van der Waals surface area contributed by atoms with E-state index < -0.39 is 0 Å². The van der Waals surface area contributed by atoms with Crippen LogP contribution in [0.25, 0.3) is 0 Å². The first kappa shape index (κ1) is 18.6. The fourth-order valence-electron chi connectivity index (χ4n) is 3.22. The number of carbonyl (C=O) groups excluding carboxylic acids is 2. The lowest BCUT2D eigenvalue weighted by Gasteiger charge is -2.15. The predicted molar refractivity (Wildman–Crippen MR) is 102 cm³/mol. The molecule has 1 aliphatic heterocycles. The molecule has 0 atom stereocenters. The molecule has 142 valence electrons. The van der Waals surface area contributed by atoms with Crippen LogP contribution in [0.15, 0.2) is 30.3 Å². The Bertz CT molecular complexity index is 869. The molecule has 0 aromatic heterocycles. The second kappa shape index (κ2) is 7.57. The maximum atomic E-state index is 12.7. The molecular weight excluding hydrogens is 348 g/mol. The first-order valence-electron chi connectivity index (χ1n) is 8.57. The normalized spacial score (nSPS) is 12.6. The number of carbonyl (C=O) groups is 2. The molecule has 2 aromatic rings. The molecule has 3 rings (SSSR count). The van der Waals surface area contributed by atoms with Crippen LogP contribution in [0.3, 0.4) is 0 Å². The Morgan fingerprint density at radius 3 is 2.30 bits per heavy atom. The third kappa shape index (κ3) is 3.40. The number of amides is 2. The van der Waals surface area contributed by atoms with Crippen molar-refractivity contribution in [3.63, 3.8) is 0 Å². The summed E-state index contributed by atoms with van der Waals surface area (Å²) in [5.74, 6) is 0.985. The van der Waals surface area contributed by atoms with Gasteiger partial charge in [-0.1, -0.05) is 0 Å². The van der Waals surface area contributed by atoms with E-state index in [0.29, 0.717) is 41.5 Å². The first-order chi connectivity index (χ1) is 13.0. The highest BCUT2D eigenvalue weighted by Gasteiger charge is 2.26. The second-order valence-corrected chi connectivity index (χ2v) is 6.03. The number of rotatable bonds is 6. The van der Waals surface area contributed by atoms with Crippen molar-refractivity contribution in [2.24, 2.45) is 0 Å². The van der Waals surface area contributed by atoms with Crippen LogP contribution in [0.1, 0.15) is 22.8 Å². The molecule has 1 N–H and O–H groups in total. The van der Waals surface area contributed by atoms with Crippen LogP contribution >= 0.6 is 0 Å². The summed E-state index contributed by atoms with van der Waals surface area (Å²) in [7, 11) is 4.50. The summed E-state index contributed by atoms with van der Waals surface area (Å²) in [6, 6.07) is 8.65. The lowest BCUT2D eigenvalue weighted by molar-refractivity contribution is -0.117. The number of ether oxygens (including phenoxy) is 3. The molecule has 0 unspecified atom stereocenters. The quantitative estimate of drug-likeness (QED) is 0.846. The Hall–Kier alpha value is -3.22. The second-order valence-electron chi connectivity index (χ2n) is 6.03. The molecule has 0 fully saturated rings. The van der Waals surface area contributed by atoms with E-state index in [1.54, 1.807) is 23.1 Å². The van der Waals surface area contributed by atoms with Crippen LogP contribution in [0.4, 0.5) is 11.4 Å². The average molecular weight is 370 g/mol. The Labute approximate surface area is 157 Å². The number of nitrogens with one attached hydrogen (secondary N) is 1. The number of fused-ring (bicyclic) bond motifs is 1. The van der Waals surface area contributed by atoms with Crippen molar-refractivity contribution in [1.82, 2.24) is 0 Å². The zero-order valence-corrected chi connectivity index (χ0v) is 15.8. The van der Waals surface area contributed by atoms with E-state index in [9.17, 15) is 9.59 Å². The van der Waals surface area contributed by atoms with Gasteiger partial charge in [-0.2, -0.15) is 0 Å². The van der Waals surface area contributed by atoms with E-state index in [4.69, 9.17) is 14.2 Å². The fourth-order valence-corrected chi connectivity index (χ4v) is 3.22. The Morgan fingerprint density at radius 1 is 1.07 bits per heavy atom. The summed E-state index contributed by atoms with van der Waals surface area (Å²) >= 11 is 0. The van der Waals surface area contributed by atoms with Crippen molar-refractivity contribution in [1.29, 1.82) is 0 Å². The molecule has 7 heteroatoms. The van der Waals surface area contributed by atoms with Gasteiger partial charge in [0.05, 0.1) is 27.8 Å². The van der Waals surface area contributed by atoms with Gasteiger partial charge in [0, 0.05) is 23.5 Å². The van der Waals surface area contributed by atoms with Gasteiger partial charge in [0.2, 0.25) is 11.7 Å². The molecule has 2 aromatic carbocycles. The predicted octanol–water partition coefficient (Wildman–Crippen LogP) is 2.87. The van der Waals surface area contributed by atoms with Gasteiger partial charge in [-0.3, -0.25) is 9.59 Å². The summed E-state index contributed by atoms with van der Waals surface area (Å²) in [6.45, 7) is 2.57. The number of hydrogen-bond acceptors (Lipinski definition) is 5. The van der Waals surface area contributed by atoms with Crippen molar-refractivity contribution in [2.45, 2.75) is 13.3 Å². The maximum Gasteiger partial charge on any atom is 0.255 e. The van der Waals surface area contributed by atoms with Gasteiger partial charge in [0.25, 0.3) is 5.91 Å². The Balaban J connectivity index is 1.86. The molecule has 0 bridgehead atoms. The van der Waals surface area contributed by atoms with E-state index in [2.05, 4.69) is 5.32 Å². The number of nitrogens with zero attached hydrogens (tertiary/aromatic N) is 1. The van der Waals surface area contributed by atoms with Crippen molar-refractivity contribution in [3.8, 4) is 17.2 Å². The topological polar surface area (TPSA) is 77.1 Å². The Kier molecular flexibility index (Phi) is 5.21. The SMILES string of the molecule is CCN1C(=O)Cc2cc(NC(=O)c3cc(OC)c(OC)c(OC)c3)ccc21. The van der Waals surface area contributed by atoms with Crippen molar-refractivity contribution >= 4 is 23.2 Å². The molecule has 0 saturated heterocycles. The standard InChI is InChI=1S/C20H22N2O5/c1-5-22-15-7-6-14(8-12(15)11-18(22)23)21-20(24)13-9-16(25-2)19(27-4)17(10-13)26-3/h6-10H,5,11H2,1-4H3,(H,21,24). The zero-order valence-electron chi connectivity index (χ0n) is 15.8. The third-order valence-corrected chi connectivity index (χ3v) is 4.51. The number of benzene rings is 2. The zero-order chi connectivity index (χ0) is 19.6. The monoisotopic (exact) mass is 370 g/mol. The molecule has 2 amide bonds. The van der Waals surface area contributed by atoms with Gasteiger partial charge in [0.1, 0.15) is 0 Å². The van der Waals surface area contributed by atoms with Crippen molar-refractivity contribution in [3.05, 3.63) is 41.5 Å². The lowest BCUT2D eigenvalue weighted by atomic mass is 10.1. The summed E-state index contributed by atoms with van der Waals surface area (Å²) < 4.78 is 15.9. The number of hydrogen-bond donors (Lipinski definition) is 1. The van der Waals surface area contributed by atoms with E-state index in [-0.39, 0.29) is 11.8 Å². The number of methoxy groups -OCH3 is 3. The highest BCUT2D eigenvalue weighted by atomic mass is 16.5. The van der Waals surface area contributed by atoms with E-state index >= 15 is 0 Å². The molecule has 1 heterocycles. The minimum absolute atomic E-state index is 0.0700. The van der Waals surface area contributed by atoms with Crippen molar-refractivity contribution in [2.75, 3.05) is 38.1 Å². The lowest BCUT2D eigenvalue weighted by Crippen LogP contribution is -2.25. The first-order valence-corrected chi connectivity index (χ1v) is 8.57. The van der Waals surface area contributed by atoms with Crippen LogP contribution in [0.5, 0.6) is 17.2 Å². The molecule has 7 nitrogen and oxygen atoms in total. The van der Waals surface area contributed by atoms with E-state index in [1.165, 1.54) is 21.3 Å². The van der Waals surface area contributed by atoms with E-state index in [1.807, 2.05) is 19.1 Å². The van der Waals surface area contributed by atoms with Gasteiger partial charge in [-0.25, -0.2) is 0 Å². The molecule has 0 radical (unpaired) electrons.